The highest BCUT2D eigenvalue weighted by Gasteiger charge is 2.23. The average molecular weight is 295 g/mol. The Morgan fingerprint density at radius 1 is 1.38 bits per heavy atom. The molecule has 1 saturated heterocycles. The first-order chi connectivity index (χ1) is 9.90. The maximum absolute atomic E-state index is 12.2. The van der Waals surface area contributed by atoms with Crippen LogP contribution in [-0.4, -0.2) is 60.3 Å². The van der Waals surface area contributed by atoms with Crippen LogP contribution in [0.3, 0.4) is 0 Å². The fraction of sp³-hybridized carbons (Fsp3) is 0.714. The lowest BCUT2D eigenvalue weighted by Crippen LogP contribution is -2.50. The fourth-order valence-corrected chi connectivity index (χ4v) is 2.23. The topological polar surface area (TPSA) is 87.6 Å². The summed E-state index contributed by atoms with van der Waals surface area (Å²) in [5.41, 5.74) is 5.42. The number of amides is 2. The second kappa shape index (κ2) is 6.44. The van der Waals surface area contributed by atoms with Gasteiger partial charge in [0.15, 0.2) is 5.82 Å². The third kappa shape index (κ3) is 4.18. The number of nitrogens with one attached hydrogen (secondary N) is 1. The maximum atomic E-state index is 12.2. The van der Waals surface area contributed by atoms with Gasteiger partial charge in [0.1, 0.15) is 5.76 Å². The molecular formula is C14H25N5O2. The molecule has 1 fully saturated rings. The summed E-state index contributed by atoms with van der Waals surface area (Å²) in [5, 5.41) is 6.69. The van der Waals surface area contributed by atoms with E-state index >= 15 is 0 Å². The molecule has 7 heteroatoms. The highest BCUT2D eigenvalue weighted by Crippen LogP contribution is 2.24. The van der Waals surface area contributed by atoms with Gasteiger partial charge in [0, 0.05) is 50.7 Å². The number of nitrogens with zero attached hydrogens (tertiary/aromatic N) is 3. The standard InChI is InChI=1S/C14H25N5O2/c1-14(2,3)11-10-12(17-21-11)16-13(20)19-8-6-18(5-4-15)7-9-19/h10H,4-9,15H2,1-3H3,(H,16,17,20). The van der Waals surface area contributed by atoms with Gasteiger partial charge in [-0.2, -0.15) is 0 Å². The van der Waals surface area contributed by atoms with Crippen LogP contribution >= 0.6 is 0 Å². The predicted molar refractivity (Wildman–Crippen MR) is 81.3 cm³/mol. The SMILES string of the molecule is CC(C)(C)c1cc(NC(=O)N2CCN(CCN)CC2)no1. The summed E-state index contributed by atoms with van der Waals surface area (Å²) in [6, 6.07) is 1.65. The largest absolute Gasteiger partial charge is 0.359 e. The summed E-state index contributed by atoms with van der Waals surface area (Å²) >= 11 is 0. The van der Waals surface area contributed by atoms with Crippen LogP contribution in [0.5, 0.6) is 0 Å². The molecule has 3 N–H and O–H groups in total. The van der Waals surface area contributed by atoms with E-state index in [-0.39, 0.29) is 11.4 Å². The zero-order valence-corrected chi connectivity index (χ0v) is 13.1. The van der Waals surface area contributed by atoms with Crippen molar-refractivity contribution in [2.75, 3.05) is 44.6 Å². The Kier molecular flexibility index (Phi) is 4.84. The van der Waals surface area contributed by atoms with Gasteiger partial charge in [-0.3, -0.25) is 10.2 Å². The van der Waals surface area contributed by atoms with Gasteiger partial charge in [-0.05, 0) is 0 Å². The number of piperazine rings is 1. The summed E-state index contributed by atoms with van der Waals surface area (Å²) in [6.07, 6.45) is 0. The molecule has 0 unspecified atom stereocenters. The highest BCUT2D eigenvalue weighted by molar-refractivity contribution is 5.88. The van der Waals surface area contributed by atoms with Crippen LogP contribution in [0.15, 0.2) is 10.6 Å². The zero-order valence-electron chi connectivity index (χ0n) is 13.1. The van der Waals surface area contributed by atoms with Gasteiger partial charge in [-0.25, -0.2) is 4.79 Å². The van der Waals surface area contributed by atoms with Gasteiger partial charge in [-0.1, -0.05) is 25.9 Å². The smallest absolute Gasteiger partial charge is 0.323 e. The van der Waals surface area contributed by atoms with Crippen molar-refractivity contribution in [3.8, 4) is 0 Å². The van der Waals surface area contributed by atoms with E-state index in [4.69, 9.17) is 10.3 Å². The number of hydrogen-bond donors (Lipinski definition) is 2. The Morgan fingerprint density at radius 3 is 2.57 bits per heavy atom. The van der Waals surface area contributed by atoms with E-state index in [0.29, 0.717) is 25.5 Å². The minimum absolute atomic E-state index is 0.121. The Labute approximate surface area is 125 Å². The molecule has 0 aliphatic carbocycles. The van der Waals surface area contributed by atoms with Gasteiger partial charge in [-0.15, -0.1) is 0 Å². The van der Waals surface area contributed by atoms with Crippen LogP contribution < -0.4 is 11.1 Å². The quantitative estimate of drug-likeness (QED) is 0.871. The molecule has 1 aliphatic rings. The molecule has 2 amide bonds. The number of aromatic nitrogens is 1. The van der Waals surface area contributed by atoms with Crippen LogP contribution in [-0.2, 0) is 5.41 Å². The summed E-state index contributed by atoms with van der Waals surface area (Å²) in [6.45, 7) is 10.8. The number of nitrogens with two attached hydrogens (primary N) is 1. The van der Waals surface area contributed by atoms with Crippen LogP contribution in [0.4, 0.5) is 10.6 Å². The van der Waals surface area contributed by atoms with Crippen molar-refractivity contribution in [3.63, 3.8) is 0 Å². The van der Waals surface area contributed by atoms with E-state index in [1.807, 2.05) is 20.8 Å². The van der Waals surface area contributed by atoms with Crippen molar-refractivity contribution in [2.45, 2.75) is 26.2 Å². The molecule has 21 heavy (non-hydrogen) atoms. The summed E-state index contributed by atoms with van der Waals surface area (Å²) in [4.78, 5) is 16.2. The normalized spacial score (nSPS) is 17.0. The van der Waals surface area contributed by atoms with E-state index in [1.54, 1.807) is 11.0 Å². The lowest BCUT2D eigenvalue weighted by atomic mass is 9.93. The Hall–Kier alpha value is -1.60. The van der Waals surface area contributed by atoms with Crippen molar-refractivity contribution in [3.05, 3.63) is 11.8 Å². The minimum Gasteiger partial charge on any atom is -0.359 e. The molecule has 0 atom stereocenters. The predicted octanol–water partition coefficient (Wildman–Crippen LogP) is 1.08. The third-order valence-electron chi connectivity index (χ3n) is 3.59. The van der Waals surface area contributed by atoms with E-state index in [0.717, 1.165) is 25.4 Å². The molecule has 0 spiro atoms. The molecule has 1 aromatic rings. The summed E-state index contributed by atoms with van der Waals surface area (Å²) < 4.78 is 5.26. The number of rotatable bonds is 3. The number of carbonyl (C=O) groups excluding carboxylic acids is 1. The molecule has 1 aromatic heterocycles. The summed E-state index contributed by atoms with van der Waals surface area (Å²) in [7, 11) is 0. The average Bonchev–Trinajstić information content (AvgIpc) is 2.88. The number of hydrogen-bond acceptors (Lipinski definition) is 5. The van der Waals surface area contributed by atoms with Crippen LogP contribution in [0.2, 0.25) is 0 Å². The van der Waals surface area contributed by atoms with Crippen molar-refractivity contribution in [1.29, 1.82) is 0 Å². The monoisotopic (exact) mass is 295 g/mol. The first kappa shape index (κ1) is 15.8. The first-order valence-electron chi connectivity index (χ1n) is 7.35. The zero-order chi connectivity index (χ0) is 15.5. The maximum Gasteiger partial charge on any atom is 0.323 e. The van der Waals surface area contributed by atoms with Crippen LogP contribution in [0, 0.1) is 0 Å². The molecule has 0 bridgehead atoms. The number of anilines is 1. The van der Waals surface area contributed by atoms with E-state index in [2.05, 4.69) is 15.4 Å². The summed E-state index contributed by atoms with van der Waals surface area (Å²) in [5.74, 6) is 1.22. The van der Waals surface area contributed by atoms with Crippen molar-refractivity contribution in [1.82, 2.24) is 15.0 Å². The van der Waals surface area contributed by atoms with Crippen LogP contribution in [0.1, 0.15) is 26.5 Å². The highest BCUT2D eigenvalue weighted by atomic mass is 16.5. The van der Waals surface area contributed by atoms with E-state index in [9.17, 15) is 4.79 Å². The van der Waals surface area contributed by atoms with Crippen LogP contribution in [0.25, 0.3) is 0 Å². The number of carbonyl (C=O) groups is 1. The fourth-order valence-electron chi connectivity index (χ4n) is 2.23. The molecule has 0 radical (unpaired) electrons. The van der Waals surface area contributed by atoms with Crippen molar-refractivity contribution < 1.29 is 9.32 Å². The molecule has 2 heterocycles. The molecule has 2 rings (SSSR count). The molecule has 0 aromatic carbocycles. The van der Waals surface area contributed by atoms with Crippen molar-refractivity contribution in [2.24, 2.45) is 5.73 Å². The van der Waals surface area contributed by atoms with Gasteiger partial charge in [0.2, 0.25) is 0 Å². The number of urea groups is 1. The molecule has 1 aliphatic heterocycles. The molecule has 0 saturated carbocycles. The Balaban J connectivity index is 1.86. The van der Waals surface area contributed by atoms with Crippen molar-refractivity contribution >= 4 is 11.8 Å². The Morgan fingerprint density at radius 2 is 2.05 bits per heavy atom. The van der Waals surface area contributed by atoms with Gasteiger partial charge in [0.05, 0.1) is 0 Å². The second-order valence-electron chi connectivity index (χ2n) is 6.37. The minimum atomic E-state index is -0.129. The molecule has 118 valence electrons. The molecule has 7 nitrogen and oxygen atoms in total. The lowest BCUT2D eigenvalue weighted by Gasteiger charge is -2.34. The second-order valence-corrected chi connectivity index (χ2v) is 6.37. The third-order valence-corrected chi connectivity index (χ3v) is 3.59. The van der Waals surface area contributed by atoms with E-state index < -0.39 is 0 Å². The lowest BCUT2D eigenvalue weighted by molar-refractivity contribution is 0.149. The van der Waals surface area contributed by atoms with Gasteiger partial charge in [0.25, 0.3) is 0 Å². The van der Waals surface area contributed by atoms with Gasteiger partial charge < -0.3 is 15.2 Å². The first-order valence-corrected chi connectivity index (χ1v) is 7.35. The van der Waals surface area contributed by atoms with E-state index in [1.165, 1.54) is 0 Å². The van der Waals surface area contributed by atoms with Gasteiger partial charge >= 0.3 is 6.03 Å². The molecular weight excluding hydrogens is 270 g/mol. The Bertz CT molecular complexity index is 472.